The summed E-state index contributed by atoms with van der Waals surface area (Å²) in [5, 5.41) is 11.6. The number of hydrogen-bond acceptors (Lipinski definition) is 3. The third kappa shape index (κ3) is 3.62. The summed E-state index contributed by atoms with van der Waals surface area (Å²) in [6.07, 6.45) is 1.99. The van der Waals surface area contributed by atoms with Crippen LogP contribution in [0.4, 0.5) is 5.82 Å². The number of hydrogen-bond donors (Lipinski definition) is 2. The van der Waals surface area contributed by atoms with Gasteiger partial charge in [-0.25, -0.2) is 9.78 Å². The van der Waals surface area contributed by atoms with E-state index in [0.717, 1.165) is 15.4 Å². The first-order valence-electron chi connectivity index (χ1n) is 5.59. The number of carbonyl (C=O) groups is 1. The van der Waals surface area contributed by atoms with Crippen molar-refractivity contribution in [3.05, 3.63) is 29.0 Å². The van der Waals surface area contributed by atoms with Gasteiger partial charge in [0.2, 0.25) is 5.82 Å². The Kier molecular flexibility index (Phi) is 5.65. The predicted octanol–water partition coefficient (Wildman–Crippen LogP) is -1.55. The first-order valence-corrected chi connectivity index (χ1v) is 6.39. The van der Waals surface area contributed by atoms with E-state index in [1.807, 2.05) is 25.1 Å². The number of halogens is 2. The molecule has 102 valence electrons. The monoisotopic (exact) mass is 345 g/mol. The molecule has 0 aliphatic heterocycles. The molecule has 0 aliphatic rings. The third-order valence-corrected chi connectivity index (χ3v) is 3.24. The molecule has 1 unspecified atom stereocenters. The van der Waals surface area contributed by atoms with Gasteiger partial charge in [0.05, 0.1) is 10.9 Å². The molecule has 1 aromatic carbocycles. The van der Waals surface area contributed by atoms with Gasteiger partial charge in [-0.05, 0) is 18.2 Å². The second-order valence-electron chi connectivity index (χ2n) is 3.94. The van der Waals surface area contributed by atoms with Crippen LogP contribution < -0.4 is 17.7 Å². The molecular weight excluding hydrogens is 334 g/mol. The molecule has 2 rings (SSSR count). The molecule has 1 atom stereocenters. The second kappa shape index (κ2) is 6.79. The minimum Gasteiger partial charge on any atom is -1.00 e. The fraction of sp³-hybridized carbons (Fsp3) is 0.250. The zero-order valence-corrected chi connectivity index (χ0v) is 12.5. The molecule has 3 N–H and O–H groups in total. The van der Waals surface area contributed by atoms with E-state index in [1.165, 1.54) is 6.33 Å². The molecule has 0 radical (unpaired) electrons. The fourth-order valence-corrected chi connectivity index (χ4v) is 2.10. The first-order chi connectivity index (χ1) is 8.61. The van der Waals surface area contributed by atoms with Gasteiger partial charge in [0.1, 0.15) is 6.33 Å². The largest absolute Gasteiger partial charge is 1.00 e. The summed E-state index contributed by atoms with van der Waals surface area (Å²) in [6.45, 7) is 1.84. The molecule has 0 bridgehead atoms. The van der Waals surface area contributed by atoms with Gasteiger partial charge in [-0.2, -0.15) is 4.98 Å². The van der Waals surface area contributed by atoms with Crippen LogP contribution in [-0.2, 0) is 4.79 Å². The Morgan fingerprint density at radius 3 is 2.84 bits per heavy atom. The molecule has 0 saturated carbocycles. The van der Waals surface area contributed by atoms with Gasteiger partial charge in [-0.1, -0.05) is 22.9 Å². The summed E-state index contributed by atoms with van der Waals surface area (Å²) in [5.41, 5.74) is 0.805. The van der Waals surface area contributed by atoms with Crippen LogP contribution in [0.2, 0.25) is 0 Å². The van der Waals surface area contributed by atoms with E-state index >= 15 is 0 Å². The second-order valence-corrected chi connectivity index (χ2v) is 4.86. The summed E-state index contributed by atoms with van der Waals surface area (Å²) in [6, 6.07) is 5.14. The van der Waals surface area contributed by atoms with Crippen molar-refractivity contribution in [1.29, 1.82) is 0 Å². The van der Waals surface area contributed by atoms with Gasteiger partial charge in [-0.15, -0.1) is 0 Å². The molecule has 2 aromatic rings. The topological polar surface area (TPSA) is 79.7 Å². The van der Waals surface area contributed by atoms with E-state index in [4.69, 9.17) is 5.11 Å². The van der Waals surface area contributed by atoms with Crippen molar-refractivity contribution < 1.29 is 27.6 Å². The van der Waals surface area contributed by atoms with E-state index < -0.39 is 12.0 Å². The smallest absolute Gasteiger partial charge is 0.362 e. The van der Waals surface area contributed by atoms with Crippen molar-refractivity contribution in [2.75, 3.05) is 0 Å². The molecule has 19 heavy (non-hydrogen) atoms. The maximum atomic E-state index is 11.1. The highest BCUT2D eigenvalue weighted by molar-refractivity contribution is 9.10. The number of aromatic nitrogens is 2. The van der Waals surface area contributed by atoms with Gasteiger partial charge in [0.25, 0.3) is 0 Å². The van der Waals surface area contributed by atoms with Crippen molar-refractivity contribution in [3.63, 3.8) is 0 Å². The Balaban J connectivity index is 0.00000180. The van der Waals surface area contributed by atoms with Crippen LogP contribution in [0.5, 0.6) is 0 Å². The molecule has 5 nitrogen and oxygen atoms in total. The lowest BCUT2D eigenvalue weighted by atomic mass is 10.2. The standard InChI is InChI=1S/C12H12BrN3O2.ClH/c1-2-9(12(17)18)16-11-8-5-7(13)3-4-10(8)14-6-15-11;/h3-6,9H,2H2,1H3,(H,17,18)(H,14,15,16);1H. The lowest BCUT2D eigenvalue weighted by molar-refractivity contribution is -0.601. The highest BCUT2D eigenvalue weighted by atomic mass is 79.9. The number of benzene rings is 1. The lowest BCUT2D eigenvalue weighted by Crippen LogP contribution is -3.00. The number of carboxylic acids is 1. The normalized spacial score (nSPS) is 11.9. The molecule has 0 amide bonds. The number of fused-ring (bicyclic) bond motifs is 1. The van der Waals surface area contributed by atoms with Crippen molar-refractivity contribution in [3.8, 4) is 0 Å². The maximum Gasteiger partial charge on any atom is 0.362 e. The lowest BCUT2D eigenvalue weighted by Gasteiger charge is -2.09. The van der Waals surface area contributed by atoms with Crippen LogP contribution in [0.15, 0.2) is 29.0 Å². The SMILES string of the molecule is CCC([NH2+]c1ncnc2ccc(Br)cc12)C(=O)O.[Cl-]. The van der Waals surface area contributed by atoms with E-state index in [9.17, 15) is 4.79 Å². The average molecular weight is 347 g/mol. The van der Waals surface area contributed by atoms with E-state index in [0.29, 0.717) is 12.2 Å². The number of nitrogens with zero attached hydrogens (tertiary/aromatic N) is 2. The number of quaternary nitrogens is 1. The molecule has 0 saturated heterocycles. The van der Waals surface area contributed by atoms with Crippen molar-refractivity contribution in [2.24, 2.45) is 0 Å². The summed E-state index contributed by atoms with van der Waals surface area (Å²) < 4.78 is 0.919. The van der Waals surface area contributed by atoms with Gasteiger partial charge in [-0.3, -0.25) is 5.32 Å². The van der Waals surface area contributed by atoms with Crippen molar-refractivity contribution >= 4 is 38.6 Å². The van der Waals surface area contributed by atoms with E-state index in [1.54, 1.807) is 5.32 Å². The highest BCUT2D eigenvalue weighted by Gasteiger charge is 2.21. The fourth-order valence-electron chi connectivity index (χ4n) is 1.74. The van der Waals surface area contributed by atoms with Crippen LogP contribution in [0, 0.1) is 0 Å². The summed E-state index contributed by atoms with van der Waals surface area (Å²) >= 11 is 3.39. The Bertz CT molecular complexity index is 594. The van der Waals surface area contributed by atoms with Crippen LogP contribution in [0.1, 0.15) is 13.3 Å². The number of nitrogens with two attached hydrogens (primary N) is 1. The Morgan fingerprint density at radius 1 is 1.47 bits per heavy atom. The molecule has 7 heteroatoms. The molecule has 1 aromatic heterocycles. The van der Waals surface area contributed by atoms with Crippen LogP contribution in [0.3, 0.4) is 0 Å². The first kappa shape index (κ1) is 15.8. The molecular formula is C12H13BrClN3O2. The molecule has 0 spiro atoms. The van der Waals surface area contributed by atoms with Gasteiger partial charge >= 0.3 is 5.97 Å². The number of rotatable bonds is 4. The van der Waals surface area contributed by atoms with E-state index in [2.05, 4.69) is 25.9 Å². The van der Waals surface area contributed by atoms with Gasteiger partial charge in [0.15, 0.2) is 6.04 Å². The molecule has 0 fully saturated rings. The molecule has 1 heterocycles. The quantitative estimate of drug-likeness (QED) is 0.703. The zero-order chi connectivity index (χ0) is 13.1. The predicted molar refractivity (Wildman–Crippen MR) is 70.5 cm³/mol. The third-order valence-electron chi connectivity index (χ3n) is 2.74. The van der Waals surface area contributed by atoms with Crippen LogP contribution >= 0.6 is 15.9 Å². The minimum atomic E-state index is -0.834. The van der Waals surface area contributed by atoms with Crippen molar-refractivity contribution in [2.45, 2.75) is 19.4 Å². The van der Waals surface area contributed by atoms with Gasteiger partial charge in [0, 0.05) is 10.9 Å². The van der Waals surface area contributed by atoms with Crippen LogP contribution in [0.25, 0.3) is 10.9 Å². The van der Waals surface area contributed by atoms with Crippen molar-refractivity contribution in [1.82, 2.24) is 9.97 Å². The summed E-state index contributed by atoms with van der Waals surface area (Å²) in [4.78, 5) is 19.4. The summed E-state index contributed by atoms with van der Waals surface area (Å²) in [5.74, 6) is -0.171. The van der Waals surface area contributed by atoms with Crippen LogP contribution in [-0.4, -0.2) is 27.1 Å². The minimum absolute atomic E-state index is 0. The maximum absolute atomic E-state index is 11.1. The number of aliphatic carboxylic acids is 1. The Morgan fingerprint density at radius 2 is 2.21 bits per heavy atom. The van der Waals surface area contributed by atoms with E-state index in [-0.39, 0.29) is 12.4 Å². The average Bonchev–Trinajstić information content (AvgIpc) is 2.35. The summed E-state index contributed by atoms with van der Waals surface area (Å²) in [7, 11) is 0. The number of carboxylic acid groups (broad SMARTS) is 1. The van der Waals surface area contributed by atoms with Gasteiger partial charge < -0.3 is 17.5 Å². The Labute approximate surface area is 125 Å². The molecule has 0 aliphatic carbocycles. The Hall–Kier alpha value is -1.24. The zero-order valence-electron chi connectivity index (χ0n) is 10.2. The highest BCUT2D eigenvalue weighted by Crippen LogP contribution is 2.20.